The van der Waals surface area contributed by atoms with Gasteiger partial charge in [0.2, 0.25) is 0 Å². The van der Waals surface area contributed by atoms with E-state index >= 15 is 0 Å². The third-order valence-corrected chi connectivity index (χ3v) is 6.97. The first-order valence-corrected chi connectivity index (χ1v) is 12.4. The fraction of sp³-hybridized carbons (Fsp3) is 0.179. The van der Waals surface area contributed by atoms with Gasteiger partial charge in [-0.15, -0.1) is 0 Å². The molecule has 2 N–H and O–H groups in total. The number of pyridine rings is 3. The van der Waals surface area contributed by atoms with E-state index in [1.54, 1.807) is 48.0 Å². The van der Waals surface area contributed by atoms with Crippen LogP contribution in [0.1, 0.15) is 12.0 Å². The van der Waals surface area contributed by atoms with Crippen molar-refractivity contribution in [2.75, 3.05) is 13.1 Å². The number of alkyl halides is 2. The average Bonchev–Trinajstić information content (AvgIpc) is 3.64. The molecule has 1 saturated heterocycles. The number of fused-ring (bicyclic) bond motifs is 2. The van der Waals surface area contributed by atoms with E-state index in [9.17, 15) is 13.2 Å². The number of hydrogen-bond acceptors (Lipinski definition) is 6. The number of likely N-dealkylation sites (tertiary alicyclic amines) is 1. The standard InChI is InChI=1S/C28H21F3N8/c29-20-3-1-17(2-4-20)22-12-33-13-23-24(22)36-27(35-23)25-21-8-19(11-34-26(21)38-37-25)18-7-16(9-32-10-18)14-39-6-5-28(30,31)15-39/h1-4,7-13H,5-6,14-15H2,(H,35,36)(H,34,37,38). The molecule has 0 aliphatic carbocycles. The van der Waals surface area contributed by atoms with Gasteiger partial charge in [0.25, 0.3) is 5.92 Å². The van der Waals surface area contributed by atoms with E-state index in [4.69, 9.17) is 4.98 Å². The first-order valence-electron chi connectivity index (χ1n) is 12.4. The lowest BCUT2D eigenvalue weighted by molar-refractivity contribution is 0.0115. The molecule has 194 valence electrons. The van der Waals surface area contributed by atoms with Gasteiger partial charge in [0.05, 0.1) is 29.2 Å². The van der Waals surface area contributed by atoms with Crippen LogP contribution in [0.2, 0.25) is 0 Å². The Bertz CT molecular complexity index is 1830. The summed E-state index contributed by atoms with van der Waals surface area (Å²) in [5.74, 6) is -2.41. The molecule has 1 fully saturated rings. The Kier molecular flexibility index (Phi) is 5.41. The summed E-state index contributed by atoms with van der Waals surface area (Å²) in [6, 6.07) is 10.1. The highest BCUT2D eigenvalue weighted by Gasteiger charge is 2.37. The molecule has 7 rings (SSSR count). The third-order valence-electron chi connectivity index (χ3n) is 6.97. The molecule has 11 heteroatoms. The second-order valence-electron chi connectivity index (χ2n) is 9.77. The Labute approximate surface area is 220 Å². The van der Waals surface area contributed by atoms with E-state index < -0.39 is 5.92 Å². The van der Waals surface area contributed by atoms with Crippen LogP contribution in [0.15, 0.2) is 67.4 Å². The fourth-order valence-corrected chi connectivity index (χ4v) is 5.06. The number of nitrogens with one attached hydrogen (secondary N) is 2. The van der Waals surface area contributed by atoms with E-state index in [1.165, 1.54) is 12.1 Å². The maximum absolute atomic E-state index is 13.6. The van der Waals surface area contributed by atoms with Crippen LogP contribution in [0.4, 0.5) is 13.2 Å². The molecule has 1 aliphatic heterocycles. The van der Waals surface area contributed by atoms with Crippen LogP contribution in [0.25, 0.3) is 55.8 Å². The molecule has 1 aromatic carbocycles. The van der Waals surface area contributed by atoms with Crippen molar-refractivity contribution >= 4 is 22.1 Å². The number of aromatic nitrogens is 7. The van der Waals surface area contributed by atoms with E-state index in [-0.39, 0.29) is 18.8 Å². The molecule has 0 unspecified atom stereocenters. The van der Waals surface area contributed by atoms with Crippen LogP contribution in [-0.2, 0) is 6.54 Å². The van der Waals surface area contributed by atoms with Gasteiger partial charge in [0, 0.05) is 61.0 Å². The minimum absolute atomic E-state index is 0.118. The van der Waals surface area contributed by atoms with Crippen LogP contribution in [-0.4, -0.2) is 59.0 Å². The highest BCUT2D eigenvalue weighted by Crippen LogP contribution is 2.33. The quantitative estimate of drug-likeness (QED) is 0.303. The minimum atomic E-state index is -2.63. The van der Waals surface area contributed by atoms with E-state index in [0.29, 0.717) is 35.8 Å². The van der Waals surface area contributed by atoms with Crippen molar-refractivity contribution in [1.29, 1.82) is 0 Å². The van der Waals surface area contributed by atoms with Gasteiger partial charge in [0.15, 0.2) is 11.5 Å². The number of halogens is 3. The number of imidazole rings is 1. The van der Waals surface area contributed by atoms with Gasteiger partial charge in [-0.2, -0.15) is 5.10 Å². The molecule has 0 saturated carbocycles. The Balaban J connectivity index is 1.24. The molecule has 39 heavy (non-hydrogen) atoms. The summed E-state index contributed by atoms with van der Waals surface area (Å²) in [6.07, 6.45) is 8.43. The maximum Gasteiger partial charge on any atom is 0.261 e. The zero-order valence-corrected chi connectivity index (χ0v) is 20.5. The molecule has 0 bridgehead atoms. The molecule has 0 spiro atoms. The zero-order chi connectivity index (χ0) is 26.6. The van der Waals surface area contributed by atoms with Crippen molar-refractivity contribution in [3.8, 4) is 33.8 Å². The van der Waals surface area contributed by atoms with Crippen molar-refractivity contribution in [3.63, 3.8) is 0 Å². The Morgan fingerprint density at radius 3 is 2.56 bits per heavy atom. The summed E-state index contributed by atoms with van der Waals surface area (Å²) in [5, 5.41) is 8.18. The van der Waals surface area contributed by atoms with Gasteiger partial charge in [-0.25, -0.2) is 23.1 Å². The molecule has 6 heterocycles. The van der Waals surface area contributed by atoms with Gasteiger partial charge in [0.1, 0.15) is 11.5 Å². The van der Waals surface area contributed by atoms with Crippen molar-refractivity contribution in [3.05, 3.63) is 78.8 Å². The van der Waals surface area contributed by atoms with Crippen LogP contribution in [0, 0.1) is 5.82 Å². The molecular formula is C28H21F3N8. The lowest BCUT2D eigenvalue weighted by atomic mass is 10.1. The van der Waals surface area contributed by atoms with Gasteiger partial charge in [-0.1, -0.05) is 12.1 Å². The van der Waals surface area contributed by atoms with E-state index in [2.05, 4.69) is 30.1 Å². The fourth-order valence-electron chi connectivity index (χ4n) is 5.06. The summed E-state index contributed by atoms with van der Waals surface area (Å²) < 4.78 is 40.7. The number of aromatic amines is 2. The molecule has 1 aliphatic rings. The molecule has 5 aromatic heterocycles. The number of benzene rings is 1. The number of rotatable bonds is 5. The normalized spacial score (nSPS) is 15.5. The maximum atomic E-state index is 13.6. The topological polar surface area (TPSA) is 99.3 Å². The molecule has 0 amide bonds. The van der Waals surface area contributed by atoms with Crippen molar-refractivity contribution in [2.45, 2.75) is 18.9 Å². The molecule has 0 atom stereocenters. The largest absolute Gasteiger partial charge is 0.335 e. The summed E-state index contributed by atoms with van der Waals surface area (Å²) in [5.41, 5.74) is 6.66. The third kappa shape index (κ3) is 4.40. The minimum Gasteiger partial charge on any atom is -0.335 e. The van der Waals surface area contributed by atoms with Gasteiger partial charge in [-0.05, 0) is 35.4 Å². The van der Waals surface area contributed by atoms with Crippen molar-refractivity contribution in [2.24, 2.45) is 0 Å². The first-order chi connectivity index (χ1) is 18.9. The summed E-state index contributed by atoms with van der Waals surface area (Å²) >= 11 is 0. The summed E-state index contributed by atoms with van der Waals surface area (Å²) in [6.45, 7) is 0.532. The van der Waals surface area contributed by atoms with Gasteiger partial charge in [-0.3, -0.25) is 20.0 Å². The predicted molar refractivity (Wildman–Crippen MR) is 140 cm³/mol. The molecule has 0 radical (unpaired) electrons. The van der Waals surface area contributed by atoms with Crippen molar-refractivity contribution < 1.29 is 13.2 Å². The second-order valence-corrected chi connectivity index (χ2v) is 9.77. The van der Waals surface area contributed by atoms with Gasteiger partial charge < -0.3 is 4.98 Å². The highest BCUT2D eigenvalue weighted by molar-refractivity contribution is 5.96. The van der Waals surface area contributed by atoms with Crippen LogP contribution >= 0.6 is 0 Å². The lowest BCUT2D eigenvalue weighted by Crippen LogP contribution is -2.24. The van der Waals surface area contributed by atoms with E-state index in [0.717, 1.165) is 38.7 Å². The van der Waals surface area contributed by atoms with Crippen LogP contribution < -0.4 is 0 Å². The summed E-state index contributed by atoms with van der Waals surface area (Å²) in [7, 11) is 0. The molecular weight excluding hydrogens is 505 g/mol. The number of nitrogens with zero attached hydrogens (tertiary/aromatic N) is 6. The SMILES string of the molecule is Fc1ccc(-c2cncc3[nH]c(-c4n[nH]c5ncc(-c6cncc(CN7CCC(F)(F)C7)c6)cc45)nc23)cc1. The molecule has 6 aromatic rings. The Morgan fingerprint density at radius 2 is 1.74 bits per heavy atom. The van der Waals surface area contributed by atoms with Gasteiger partial charge >= 0.3 is 0 Å². The van der Waals surface area contributed by atoms with Crippen LogP contribution in [0.3, 0.4) is 0 Å². The first kappa shape index (κ1) is 23.5. The number of H-pyrrole nitrogens is 2. The van der Waals surface area contributed by atoms with Crippen LogP contribution in [0.5, 0.6) is 0 Å². The average molecular weight is 527 g/mol. The summed E-state index contributed by atoms with van der Waals surface area (Å²) in [4.78, 5) is 23.0. The Morgan fingerprint density at radius 1 is 0.923 bits per heavy atom. The predicted octanol–water partition coefficient (Wildman–Crippen LogP) is 5.61. The Hall–Kier alpha value is -4.64. The monoisotopic (exact) mass is 526 g/mol. The zero-order valence-electron chi connectivity index (χ0n) is 20.5. The van der Waals surface area contributed by atoms with Crippen molar-refractivity contribution in [1.82, 2.24) is 40.0 Å². The smallest absolute Gasteiger partial charge is 0.261 e. The van der Waals surface area contributed by atoms with E-state index in [1.807, 2.05) is 12.1 Å². The number of hydrogen-bond donors (Lipinski definition) is 2. The highest BCUT2D eigenvalue weighted by atomic mass is 19.3. The second kappa shape index (κ2) is 8.98. The molecule has 8 nitrogen and oxygen atoms in total. The lowest BCUT2D eigenvalue weighted by Gasteiger charge is -2.15.